The van der Waals surface area contributed by atoms with E-state index < -0.39 is 5.82 Å². The molecule has 1 heterocycles. The van der Waals surface area contributed by atoms with Gasteiger partial charge in [0.15, 0.2) is 17.0 Å². The molecule has 0 aliphatic rings. The molecule has 5 heteroatoms. The maximum absolute atomic E-state index is 14.3. The van der Waals surface area contributed by atoms with Crippen molar-refractivity contribution in [1.29, 1.82) is 0 Å². The van der Waals surface area contributed by atoms with Crippen LogP contribution in [0.25, 0.3) is 22.2 Å². The zero-order chi connectivity index (χ0) is 20.4. The van der Waals surface area contributed by atoms with Gasteiger partial charge in [-0.1, -0.05) is 30.3 Å². The monoisotopic (exact) mass is 389 g/mol. The van der Waals surface area contributed by atoms with E-state index in [1.807, 2.05) is 59.2 Å². The normalized spacial score (nSPS) is 10.9. The molecule has 29 heavy (non-hydrogen) atoms. The van der Waals surface area contributed by atoms with Gasteiger partial charge in [-0.25, -0.2) is 4.39 Å². The molecular weight excluding hydrogens is 369 g/mol. The van der Waals surface area contributed by atoms with Crippen molar-refractivity contribution in [2.24, 2.45) is 0 Å². The van der Waals surface area contributed by atoms with Crippen LogP contribution in [-0.2, 0) is 6.54 Å². The molecule has 0 atom stereocenters. The first-order valence-electron chi connectivity index (χ1n) is 9.20. The molecule has 0 fully saturated rings. The van der Waals surface area contributed by atoms with Crippen LogP contribution >= 0.6 is 0 Å². The van der Waals surface area contributed by atoms with Gasteiger partial charge in [-0.2, -0.15) is 0 Å². The fourth-order valence-electron chi connectivity index (χ4n) is 3.47. The first-order chi connectivity index (χ1) is 14.1. The van der Waals surface area contributed by atoms with Gasteiger partial charge in [-0.3, -0.25) is 4.79 Å². The summed E-state index contributed by atoms with van der Waals surface area (Å²) in [4.78, 5) is 12.8. The Labute approximate surface area is 167 Å². The van der Waals surface area contributed by atoms with Crippen molar-refractivity contribution >= 4 is 10.9 Å². The molecule has 0 unspecified atom stereocenters. The summed E-state index contributed by atoms with van der Waals surface area (Å²) >= 11 is 0. The van der Waals surface area contributed by atoms with Gasteiger partial charge in [-0.05, 0) is 41.5 Å². The predicted octanol–water partition coefficient (Wildman–Crippen LogP) is 4.87. The minimum Gasteiger partial charge on any atom is -0.497 e. The fourth-order valence-corrected chi connectivity index (χ4v) is 3.47. The number of benzene rings is 3. The van der Waals surface area contributed by atoms with Gasteiger partial charge in [0.1, 0.15) is 5.75 Å². The Morgan fingerprint density at radius 1 is 0.897 bits per heavy atom. The molecule has 4 aromatic rings. The van der Waals surface area contributed by atoms with Crippen molar-refractivity contribution in [3.8, 4) is 22.8 Å². The summed E-state index contributed by atoms with van der Waals surface area (Å²) in [5, 5.41) is 0.316. The minimum absolute atomic E-state index is 0.102. The molecule has 0 saturated carbocycles. The number of pyridine rings is 1. The van der Waals surface area contributed by atoms with E-state index >= 15 is 0 Å². The second kappa shape index (κ2) is 7.80. The van der Waals surface area contributed by atoms with Crippen LogP contribution in [0.4, 0.5) is 4.39 Å². The highest BCUT2D eigenvalue weighted by Gasteiger charge is 2.15. The summed E-state index contributed by atoms with van der Waals surface area (Å²) in [6, 6.07) is 21.8. The van der Waals surface area contributed by atoms with Crippen molar-refractivity contribution in [1.82, 2.24) is 4.57 Å². The lowest BCUT2D eigenvalue weighted by Crippen LogP contribution is -2.13. The number of hydrogen-bond donors (Lipinski definition) is 0. The van der Waals surface area contributed by atoms with Gasteiger partial charge < -0.3 is 14.0 Å². The molecule has 0 spiro atoms. The Kier molecular flexibility index (Phi) is 5.04. The Morgan fingerprint density at radius 2 is 1.62 bits per heavy atom. The third-order valence-electron chi connectivity index (χ3n) is 4.95. The average molecular weight is 389 g/mol. The van der Waals surface area contributed by atoms with Gasteiger partial charge >= 0.3 is 0 Å². The smallest absolute Gasteiger partial charge is 0.190 e. The van der Waals surface area contributed by atoms with E-state index in [9.17, 15) is 9.18 Å². The summed E-state index contributed by atoms with van der Waals surface area (Å²) in [5.74, 6) is 0.279. The molecule has 0 aliphatic heterocycles. The average Bonchev–Trinajstić information content (AvgIpc) is 2.76. The Balaban J connectivity index is 2.01. The second-order valence-corrected chi connectivity index (χ2v) is 6.70. The van der Waals surface area contributed by atoms with Crippen LogP contribution in [0.3, 0.4) is 0 Å². The lowest BCUT2D eigenvalue weighted by Gasteiger charge is -2.18. The van der Waals surface area contributed by atoms with Crippen molar-refractivity contribution in [3.63, 3.8) is 0 Å². The van der Waals surface area contributed by atoms with E-state index in [-0.39, 0.29) is 11.2 Å². The molecule has 0 amide bonds. The second-order valence-electron chi connectivity index (χ2n) is 6.70. The minimum atomic E-state index is -0.555. The highest BCUT2D eigenvalue weighted by molar-refractivity contribution is 5.84. The van der Waals surface area contributed by atoms with Crippen molar-refractivity contribution in [2.45, 2.75) is 6.54 Å². The van der Waals surface area contributed by atoms with Crippen LogP contribution in [0.1, 0.15) is 5.56 Å². The largest absolute Gasteiger partial charge is 0.497 e. The third kappa shape index (κ3) is 3.59. The van der Waals surface area contributed by atoms with Gasteiger partial charge in [0.25, 0.3) is 0 Å². The molecule has 1 aromatic heterocycles. The van der Waals surface area contributed by atoms with Crippen molar-refractivity contribution in [3.05, 3.63) is 94.4 Å². The number of nitrogens with zero attached hydrogens (tertiary/aromatic N) is 1. The fraction of sp³-hybridized carbons (Fsp3) is 0.125. The van der Waals surface area contributed by atoms with Gasteiger partial charge in [-0.15, -0.1) is 0 Å². The SMILES string of the molecule is COc1ccc(-c2cc(=O)c3cc(F)c(OC)cc3n2Cc2ccccc2)cc1. The van der Waals surface area contributed by atoms with Crippen LogP contribution in [0.15, 0.2) is 77.6 Å². The van der Waals surface area contributed by atoms with Crippen LogP contribution in [0.2, 0.25) is 0 Å². The van der Waals surface area contributed by atoms with Crippen LogP contribution in [0.5, 0.6) is 11.5 Å². The summed E-state index contributed by atoms with van der Waals surface area (Å²) in [5.41, 5.74) is 3.05. The molecular formula is C24H20FNO3. The van der Waals surface area contributed by atoms with E-state index in [2.05, 4.69) is 0 Å². The topological polar surface area (TPSA) is 40.5 Å². The lowest BCUT2D eigenvalue weighted by atomic mass is 10.1. The molecule has 0 saturated heterocycles. The Morgan fingerprint density at radius 3 is 2.28 bits per heavy atom. The molecule has 4 rings (SSSR count). The molecule has 0 aliphatic carbocycles. The van der Waals surface area contributed by atoms with Crippen molar-refractivity contribution < 1.29 is 13.9 Å². The third-order valence-corrected chi connectivity index (χ3v) is 4.95. The van der Waals surface area contributed by atoms with Gasteiger partial charge in [0.05, 0.1) is 25.4 Å². The maximum Gasteiger partial charge on any atom is 0.190 e. The highest BCUT2D eigenvalue weighted by atomic mass is 19.1. The Bertz CT molecular complexity index is 1220. The zero-order valence-electron chi connectivity index (χ0n) is 16.2. The molecule has 3 aromatic carbocycles. The molecule has 0 radical (unpaired) electrons. The number of fused-ring (bicyclic) bond motifs is 1. The van der Waals surface area contributed by atoms with Gasteiger partial charge in [0, 0.05) is 24.1 Å². The number of aromatic nitrogens is 1. The van der Waals surface area contributed by atoms with Crippen molar-refractivity contribution in [2.75, 3.05) is 14.2 Å². The van der Waals surface area contributed by atoms with E-state index in [4.69, 9.17) is 9.47 Å². The van der Waals surface area contributed by atoms with E-state index in [1.165, 1.54) is 13.2 Å². The number of hydrogen-bond acceptors (Lipinski definition) is 3. The molecule has 0 bridgehead atoms. The quantitative estimate of drug-likeness (QED) is 0.489. The van der Waals surface area contributed by atoms with E-state index in [0.29, 0.717) is 17.4 Å². The number of rotatable bonds is 5. The lowest BCUT2D eigenvalue weighted by molar-refractivity contribution is 0.387. The maximum atomic E-state index is 14.3. The zero-order valence-corrected chi connectivity index (χ0v) is 16.2. The highest BCUT2D eigenvalue weighted by Crippen LogP contribution is 2.29. The summed E-state index contributed by atoms with van der Waals surface area (Å²) in [6.45, 7) is 0.522. The standard InChI is InChI=1S/C24H20FNO3/c1-28-18-10-8-17(9-11-18)21-13-23(27)19-12-20(25)24(29-2)14-22(19)26(21)15-16-6-4-3-5-7-16/h3-14H,15H2,1-2H3. The number of ether oxygens (including phenoxy) is 2. The summed E-state index contributed by atoms with van der Waals surface area (Å²) in [6.07, 6.45) is 0. The van der Waals surface area contributed by atoms with E-state index in [1.54, 1.807) is 19.2 Å². The van der Waals surface area contributed by atoms with E-state index in [0.717, 1.165) is 22.6 Å². The summed E-state index contributed by atoms with van der Waals surface area (Å²) in [7, 11) is 3.02. The number of methoxy groups -OCH3 is 2. The van der Waals surface area contributed by atoms with Gasteiger partial charge in [0.2, 0.25) is 0 Å². The first-order valence-corrected chi connectivity index (χ1v) is 9.20. The Hall–Kier alpha value is -3.60. The summed E-state index contributed by atoms with van der Waals surface area (Å²) < 4.78 is 26.7. The molecule has 0 N–H and O–H groups in total. The predicted molar refractivity (Wildman–Crippen MR) is 112 cm³/mol. The molecule has 146 valence electrons. The van der Waals surface area contributed by atoms with Crippen LogP contribution in [0, 0.1) is 5.82 Å². The van der Waals surface area contributed by atoms with Crippen LogP contribution in [-0.4, -0.2) is 18.8 Å². The molecule has 4 nitrogen and oxygen atoms in total. The van der Waals surface area contributed by atoms with Crippen LogP contribution < -0.4 is 14.9 Å². The number of halogens is 1. The first kappa shape index (κ1) is 18.7.